The second-order valence-electron chi connectivity index (χ2n) is 7.10. The molecule has 0 bridgehead atoms. The Balaban J connectivity index is 1.55. The fourth-order valence-electron chi connectivity index (χ4n) is 2.95. The van der Waals surface area contributed by atoms with Crippen LogP contribution in [0.15, 0.2) is 16.3 Å². The smallest absolute Gasteiger partial charge is 0.355 e. The topological polar surface area (TPSA) is 100 Å². The lowest BCUT2D eigenvalue weighted by Gasteiger charge is -2.48. The van der Waals surface area contributed by atoms with Crippen molar-refractivity contribution in [2.45, 2.75) is 51.2 Å². The van der Waals surface area contributed by atoms with E-state index >= 15 is 0 Å². The molecule has 3 rings (SSSR count). The van der Waals surface area contributed by atoms with Crippen molar-refractivity contribution in [2.24, 2.45) is 4.99 Å². The van der Waals surface area contributed by atoms with E-state index in [1.54, 1.807) is 11.8 Å². The van der Waals surface area contributed by atoms with E-state index in [0.29, 0.717) is 16.6 Å². The van der Waals surface area contributed by atoms with Gasteiger partial charge < -0.3 is 15.4 Å². The Labute approximate surface area is 166 Å². The largest absolute Gasteiger partial charge is 0.456 e. The Bertz CT molecular complexity index is 720. The summed E-state index contributed by atoms with van der Waals surface area (Å²) in [6, 6.07) is -0.267. The second-order valence-corrected chi connectivity index (χ2v) is 9.17. The zero-order valence-electron chi connectivity index (χ0n) is 15.8. The van der Waals surface area contributed by atoms with Gasteiger partial charge in [0.25, 0.3) is 5.91 Å². The number of ether oxygens (including phenoxy) is 1. The number of amidine groups is 1. The number of amides is 2. The van der Waals surface area contributed by atoms with Gasteiger partial charge in [0.05, 0.1) is 5.75 Å². The lowest BCUT2D eigenvalue weighted by atomic mass is 10.0. The summed E-state index contributed by atoms with van der Waals surface area (Å²) in [7, 11) is 0. The molecular formula is C17H24N4O4S2. The van der Waals surface area contributed by atoms with Gasteiger partial charge in [0.1, 0.15) is 23.7 Å². The molecule has 3 aliphatic rings. The SMILES string of the molecule is CC(C)N=C(NC(C)C)SCC(=O)NC1C(=O)N2C3=C(COC3=O)CSC12. The molecule has 27 heavy (non-hydrogen) atoms. The normalized spacial score (nSPS) is 24.7. The van der Waals surface area contributed by atoms with Crippen LogP contribution in [0.5, 0.6) is 0 Å². The predicted molar refractivity (Wildman–Crippen MR) is 106 cm³/mol. The van der Waals surface area contributed by atoms with Crippen LogP contribution in [0, 0.1) is 0 Å². The Morgan fingerprint density at radius 2 is 2.11 bits per heavy atom. The molecule has 0 aromatic rings. The molecule has 0 aromatic carbocycles. The van der Waals surface area contributed by atoms with E-state index in [0.717, 1.165) is 5.57 Å². The van der Waals surface area contributed by atoms with Gasteiger partial charge in [-0.25, -0.2) is 4.79 Å². The molecule has 0 saturated carbocycles. The van der Waals surface area contributed by atoms with Crippen molar-refractivity contribution in [1.82, 2.24) is 15.5 Å². The van der Waals surface area contributed by atoms with Gasteiger partial charge in [0, 0.05) is 23.4 Å². The van der Waals surface area contributed by atoms with Crippen molar-refractivity contribution >= 4 is 46.5 Å². The van der Waals surface area contributed by atoms with Gasteiger partial charge in [0.15, 0.2) is 5.17 Å². The molecule has 3 heterocycles. The van der Waals surface area contributed by atoms with E-state index in [1.807, 2.05) is 27.7 Å². The highest BCUT2D eigenvalue weighted by molar-refractivity contribution is 8.14. The van der Waals surface area contributed by atoms with Crippen LogP contribution in [0.4, 0.5) is 0 Å². The number of nitrogens with one attached hydrogen (secondary N) is 2. The van der Waals surface area contributed by atoms with Crippen LogP contribution in [0.1, 0.15) is 27.7 Å². The Hall–Kier alpha value is -1.68. The summed E-state index contributed by atoms with van der Waals surface area (Å²) in [5, 5.41) is 6.49. The van der Waals surface area contributed by atoms with Crippen LogP contribution in [0.25, 0.3) is 0 Å². The summed E-state index contributed by atoms with van der Waals surface area (Å²) >= 11 is 2.86. The summed E-state index contributed by atoms with van der Waals surface area (Å²) in [6.07, 6.45) is 0. The number of rotatable bonds is 5. The molecule has 3 aliphatic heterocycles. The summed E-state index contributed by atoms with van der Waals surface area (Å²) in [4.78, 5) is 42.6. The Kier molecular flexibility index (Phi) is 6.05. The first-order chi connectivity index (χ1) is 12.8. The van der Waals surface area contributed by atoms with E-state index in [-0.39, 0.29) is 41.6 Å². The number of fused-ring (bicyclic) bond motifs is 2. The minimum absolute atomic E-state index is 0.121. The van der Waals surface area contributed by atoms with E-state index in [4.69, 9.17) is 4.74 Å². The number of esters is 1. The molecule has 10 heteroatoms. The molecular weight excluding hydrogens is 388 g/mol. The summed E-state index contributed by atoms with van der Waals surface area (Å²) in [6.45, 7) is 8.22. The van der Waals surface area contributed by atoms with Crippen molar-refractivity contribution in [1.29, 1.82) is 0 Å². The molecule has 0 radical (unpaired) electrons. The Morgan fingerprint density at radius 3 is 2.78 bits per heavy atom. The molecule has 1 saturated heterocycles. The molecule has 0 spiro atoms. The highest BCUT2D eigenvalue weighted by atomic mass is 32.2. The van der Waals surface area contributed by atoms with Crippen LogP contribution in [-0.2, 0) is 19.1 Å². The third kappa shape index (κ3) is 4.26. The number of carbonyl (C=O) groups is 3. The quantitative estimate of drug-likeness (QED) is 0.297. The van der Waals surface area contributed by atoms with Crippen LogP contribution in [0.2, 0.25) is 0 Å². The number of β-lactam (4-membered cyclic amide) rings is 1. The molecule has 148 valence electrons. The first-order valence-corrected chi connectivity index (χ1v) is 10.9. The van der Waals surface area contributed by atoms with Crippen LogP contribution in [-0.4, -0.2) is 69.5 Å². The van der Waals surface area contributed by atoms with E-state index in [1.165, 1.54) is 16.7 Å². The standard InChI is InChI=1S/C17H24N4O4S2/c1-8(2)18-17(19-9(3)4)27-7-11(22)20-12-14(23)21-13-10(5-25-16(13)24)6-26-15(12)21/h8-9,12,15H,5-7H2,1-4H3,(H,18,19)(H,20,22). The number of hydrogen-bond donors (Lipinski definition) is 2. The lowest BCUT2D eigenvalue weighted by Crippen LogP contribution is -2.70. The first kappa shape index (κ1) is 20.1. The van der Waals surface area contributed by atoms with Crippen LogP contribution >= 0.6 is 23.5 Å². The van der Waals surface area contributed by atoms with Gasteiger partial charge in [-0.3, -0.25) is 19.5 Å². The molecule has 8 nitrogen and oxygen atoms in total. The van der Waals surface area contributed by atoms with Crippen LogP contribution < -0.4 is 10.6 Å². The zero-order chi connectivity index (χ0) is 19.7. The number of aliphatic imine (C=N–C) groups is 1. The third-order valence-electron chi connectivity index (χ3n) is 4.06. The monoisotopic (exact) mass is 412 g/mol. The summed E-state index contributed by atoms with van der Waals surface area (Å²) in [5.41, 5.74) is 1.22. The average molecular weight is 413 g/mol. The molecule has 2 N–H and O–H groups in total. The molecule has 2 amide bonds. The maximum Gasteiger partial charge on any atom is 0.355 e. The number of thioether (sulfide) groups is 2. The van der Waals surface area contributed by atoms with Gasteiger partial charge in [-0.1, -0.05) is 11.8 Å². The van der Waals surface area contributed by atoms with E-state index < -0.39 is 12.0 Å². The maximum atomic E-state index is 12.5. The van der Waals surface area contributed by atoms with Gasteiger partial charge in [-0.05, 0) is 27.7 Å². The first-order valence-electron chi connectivity index (χ1n) is 8.88. The van der Waals surface area contributed by atoms with Crippen molar-refractivity contribution in [2.75, 3.05) is 18.1 Å². The highest BCUT2D eigenvalue weighted by Crippen LogP contribution is 2.42. The van der Waals surface area contributed by atoms with Crippen molar-refractivity contribution < 1.29 is 19.1 Å². The van der Waals surface area contributed by atoms with Gasteiger partial charge >= 0.3 is 5.97 Å². The average Bonchev–Trinajstić information content (AvgIpc) is 2.96. The number of cyclic esters (lactones) is 1. The molecule has 2 unspecified atom stereocenters. The maximum absolute atomic E-state index is 12.5. The van der Waals surface area contributed by atoms with Crippen LogP contribution in [0.3, 0.4) is 0 Å². The molecule has 0 aliphatic carbocycles. The fourth-order valence-corrected chi connectivity index (χ4v) is 5.23. The van der Waals surface area contributed by atoms with Gasteiger partial charge in [-0.2, -0.15) is 0 Å². The fraction of sp³-hybridized carbons (Fsp3) is 0.647. The highest BCUT2D eigenvalue weighted by Gasteiger charge is 2.55. The minimum atomic E-state index is -0.603. The molecule has 1 fully saturated rings. The lowest BCUT2D eigenvalue weighted by molar-refractivity contribution is -0.150. The predicted octanol–water partition coefficient (Wildman–Crippen LogP) is 0.693. The van der Waals surface area contributed by atoms with E-state index in [9.17, 15) is 14.4 Å². The third-order valence-corrected chi connectivity index (χ3v) is 6.31. The van der Waals surface area contributed by atoms with Crippen molar-refractivity contribution in [3.8, 4) is 0 Å². The zero-order valence-corrected chi connectivity index (χ0v) is 17.4. The van der Waals surface area contributed by atoms with Gasteiger partial charge in [-0.15, -0.1) is 11.8 Å². The summed E-state index contributed by atoms with van der Waals surface area (Å²) in [5.74, 6) is -0.122. The minimum Gasteiger partial charge on any atom is -0.456 e. The molecule has 2 atom stereocenters. The van der Waals surface area contributed by atoms with Crippen molar-refractivity contribution in [3.05, 3.63) is 11.3 Å². The number of hydrogen-bond acceptors (Lipinski definition) is 7. The number of nitrogens with zero attached hydrogens (tertiary/aromatic N) is 2. The van der Waals surface area contributed by atoms with Gasteiger partial charge in [0.2, 0.25) is 5.91 Å². The summed E-state index contributed by atoms with van der Waals surface area (Å²) < 4.78 is 5.01. The second kappa shape index (κ2) is 8.14. The number of carbonyl (C=O) groups excluding carboxylic acids is 3. The Morgan fingerprint density at radius 1 is 1.37 bits per heavy atom. The van der Waals surface area contributed by atoms with E-state index in [2.05, 4.69) is 15.6 Å². The van der Waals surface area contributed by atoms with Crippen molar-refractivity contribution in [3.63, 3.8) is 0 Å². The molecule has 0 aromatic heterocycles.